The molecule has 3 rings (SSSR count). The van der Waals surface area contributed by atoms with E-state index in [4.69, 9.17) is 0 Å². The number of hydrogen-bond donors (Lipinski definition) is 1. The number of rotatable bonds is 4. The van der Waals surface area contributed by atoms with Gasteiger partial charge in [0, 0.05) is 25.7 Å². The third kappa shape index (κ3) is 4.73. The van der Waals surface area contributed by atoms with E-state index in [1.165, 1.54) is 11.8 Å². The quantitative estimate of drug-likeness (QED) is 0.610. The van der Waals surface area contributed by atoms with Crippen LogP contribution in [0.3, 0.4) is 0 Å². The molecule has 1 unspecified atom stereocenters. The molecule has 2 aromatic rings. The van der Waals surface area contributed by atoms with Crippen molar-refractivity contribution in [3.05, 3.63) is 59.4 Å². The Morgan fingerprint density at radius 3 is 2.06 bits per heavy atom. The van der Waals surface area contributed by atoms with Gasteiger partial charge in [-0.3, -0.25) is 0 Å². The fourth-order valence-electron chi connectivity index (χ4n) is 3.82. The first kappa shape index (κ1) is 26.2. The van der Waals surface area contributed by atoms with Gasteiger partial charge in [-0.15, -0.1) is 0 Å². The summed E-state index contributed by atoms with van der Waals surface area (Å²) < 4.78 is 120. The third-order valence-electron chi connectivity index (χ3n) is 5.76. The molecule has 188 valence electrons. The van der Waals surface area contributed by atoms with Gasteiger partial charge in [0.2, 0.25) is 10.0 Å². The smallest absolute Gasteiger partial charge is 0.376 e. The molecule has 2 aromatic carbocycles. The molecule has 0 aliphatic carbocycles. The summed E-state index contributed by atoms with van der Waals surface area (Å²) in [4.78, 5) is 0.905. The maximum Gasteiger partial charge on any atom is 0.421 e. The minimum atomic E-state index is -4.98. The van der Waals surface area contributed by atoms with Crippen molar-refractivity contribution in [3.63, 3.8) is 0 Å². The van der Waals surface area contributed by atoms with Crippen molar-refractivity contribution in [1.29, 1.82) is 0 Å². The molecule has 0 spiro atoms. The molecule has 2 atom stereocenters. The van der Waals surface area contributed by atoms with Crippen LogP contribution in [0.1, 0.15) is 25.0 Å². The van der Waals surface area contributed by atoms with Crippen LogP contribution in [0.15, 0.2) is 47.4 Å². The average Bonchev–Trinajstić information content (AvgIpc) is 2.71. The first-order chi connectivity index (χ1) is 15.5. The summed E-state index contributed by atoms with van der Waals surface area (Å²) in [5.74, 6) is -1.44. The number of benzene rings is 2. The third-order valence-corrected chi connectivity index (χ3v) is 7.79. The number of anilines is 1. The Hall–Kier alpha value is -2.38. The first-order valence-corrected chi connectivity index (χ1v) is 11.4. The summed E-state index contributed by atoms with van der Waals surface area (Å²) in [6, 6.07) is 5.65. The Kier molecular flexibility index (Phi) is 6.70. The lowest BCUT2D eigenvalue weighted by Gasteiger charge is -2.40. The SMILES string of the molecule is C[C@@H]1CN(c2cccc(F)c2C(F)(F)F)CCN1S(=O)(=O)c1ccc(C(C)(O)C(F)(F)F)cc1. The Balaban J connectivity index is 1.85. The van der Waals surface area contributed by atoms with E-state index in [-0.39, 0.29) is 24.5 Å². The highest BCUT2D eigenvalue weighted by molar-refractivity contribution is 7.89. The topological polar surface area (TPSA) is 60.9 Å². The van der Waals surface area contributed by atoms with Crippen molar-refractivity contribution in [1.82, 2.24) is 4.31 Å². The standard InChI is InChI=1S/C21H21F7N2O3S/c1-13-12-29(17-5-3-4-16(22)18(17)20(23,24)25)10-11-30(13)34(32,33)15-8-6-14(7-9-15)19(2,31)21(26,27)28/h3-9,13,31H,10-12H2,1-2H3/t13-,19?/m1/s1. The molecule has 1 aliphatic heterocycles. The minimum Gasteiger partial charge on any atom is -0.376 e. The molecule has 0 radical (unpaired) electrons. The summed E-state index contributed by atoms with van der Waals surface area (Å²) in [6.45, 7) is 1.42. The number of aliphatic hydroxyl groups is 1. The zero-order valence-corrected chi connectivity index (χ0v) is 18.8. The molecule has 0 aromatic heterocycles. The van der Waals surface area contributed by atoms with Gasteiger partial charge >= 0.3 is 12.4 Å². The second kappa shape index (κ2) is 8.68. The van der Waals surface area contributed by atoms with Crippen LogP contribution in [0.2, 0.25) is 0 Å². The summed E-state index contributed by atoms with van der Waals surface area (Å²) in [7, 11) is -4.21. The monoisotopic (exact) mass is 514 g/mol. The number of hydrogen-bond acceptors (Lipinski definition) is 4. The van der Waals surface area contributed by atoms with Gasteiger partial charge in [0.25, 0.3) is 0 Å². The number of piperazine rings is 1. The van der Waals surface area contributed by atoms with Gasteiger partial charge in [-0.1, -0.05) is 18.2 Å². The van der Waals surface area contributed by atoms with Crippen LogP contribution in [0.5, 0.6) is 0 Å². The second-order valence-corrected chi connectivity index (χ2v) is 10.0. The lowest BCUT2D eigenvalue weighted by Crippen LogP contribution is -2.54. The largest absolute Gasteiger partial charge is 0.421 e. The van der Waals surface area contributed by atoms with E-state index in [1.807, 2.05) is 0 Å². The van der Waals surface area contributed by atoms with Crippen molar-refractivity contribution < 1.29 is 44.3 Å². The van der Waals surface area contributed by atoms with Gasteiger partial charge in [0.05, 0.1) is 10.6 Å². The Bertz CT molecular complexity index is 1150. The molecule has 5 nitrogen and oxygen atoms in total. The second-order valence-electron chi connectivity index (χ2n) is 8.14. The number of halogens is 7. The molecule has 1 fully saturated rings. The van der Waals surface area contributed by atoms with E-state index >= 15 is 0 Å². The molecule has 1 N–H and O–H groups in total. The maximum atomic E-state index is 13.9. The fourth-order valence-corrected chi connectivity index (χ4v) is 5.44. The Morgan fingerprint density at radius 2 is 1.56 bits per heavy atom. The van der Waals surface area contributed by atoms with Gasteiger partial charge in [0.15, 0.2) is 5.60 Å². The van der Waals surface area contributed by atoms with Crippen molar-refractivity contribution in [2.45, 2.75) is 42.7 Å². The molecule has 0 saturated carbocycles. The molecule has 1 heterocycles. The van der Waals surface area contributed by atoms with Gasteiger partial charge in [-0.2, -0.15) is 30.6 Å². The Labute approximate surface area is 191 Å². The van der Waals surface area contributed by atoms with Crippen molar-refractivity contribution in [3.8, 4) is 0 Å². The van der Waals surface area contributed by atoms with Crippen LogP contribution in [-0.2, 0) is 21.8 Å². The molecule has 1 saturated heterocycles. The fraction of sp³-hybridized carbons (Fsp3) is 0.429. The van der Waals surface area contributed by atoms with Gasteiger partial charge in [-0.05, 0) is 43.7 Å². The highest BCUT2D eigenvalue weighted by atomic mass is 32.2. The van der Waals surface area contributed by atoms with Crippen molar-refractivity contribution in [2.24, 2.45) is 0 Å². The normalized spacial score (nSPS) is 20.3. The van der Waals surface area contributed by atoms with E-state index in [0.717, 1.165) is 40.7 Å². The van der Waals surface area contributed by atoms with Crippen LogP contribution in [0.25, 0.3) is 0 Å². The first-order valence-electron chi connectivity index (χ1n) is 10.00. The van der Waals surface area contributed by atoms with Crippen LogP contribution >= 0.6 is 0 Å². The molecule has 13 heteroatoms. The van der Waals surface area contributed by atoms with Crippen molar-refractivity contribution in [2.75, 3.05) is 24.5 Å². The lowest BCUT2D eigenvalue weighted by atomic mass is 9.96. The number of alkyl halides is 6. The molecule has 34 heavy (non-hydrogen) atoms. The van der Waals surface area contributed by atoms with Gasteiger partial charge in [0.1, 0.15) is 11.4 Å². The zero-order valence-electron chi connectivity index (χ0n) is 18.0. The Morgan fingerprint density at radius 1 is 0.971 bits per heavy atom. The van der Waals surface area contributed by atoms with Gasteiger partial charge in [-0.25, -0.2) is 12.8 Å². The maximum absolute atomic E-state index is 13.9. The average molecular weight is 514 g/mol. The highest BCUT2D eigenvalue weighted by Crippen LogP contribution is 2.40. The van der Waals surface area contributed by atoms with E-state index in [0.29, 0.717) is 13.0 Å². The molecular weight excluding hydrogens is 493 g/mol. The van der Waals surface area contributed by atoms with E-state index < -0.39 is 56.7 Å². The number of nitrogens with zero attached hydrogens (tertiary/aromatic N) is 2. The summed E-state index contributed by atoms with van der Waals surface area (Å²) in [5, 5.41) is 9.75. The lowest BCUT2D eigenvalue weighted by molar-refractivity contribution is -0.258. The minimum absolute atomic E-state index is 0.170. The molecule has 0 bridgehead atoms. The van der Waals surface area contributed by atoms with E-state index in [1.54, 1.807) is 0 Å². The van der Waals surface area contributed by atoms with E-state index in [9.17, 15) is 44.3 Å². The molecular formula is C21H21F7N2O3S. The van der Waals surface area contributed by atoms with Crippen LogP contribution in [0, 0.1) is 5.82 Å². The summed E-state index contributed by atoms with van der Waals surface area (Å²) in [5.41, 5.74) is -5.58. The van der Waals surface area contributed by atoms with Crippen molar-refractivity contribution >= 4 is 15.7 Å². The number of sulfonamides is 1. The van der Waals surface area contributed by atoms with Crippen LogP contribution < -0.4 is 4.90 Å². The van der Waals surface area contributed by atoms with E-state index in [2.05, 4.69) is 0 Å². The predicted octanol–water partition coefficient (Wildman–Crippen LogP) is 4.51. The summed E-state index contributed by atoms with van der Waals surface area (Å²) >= 11 is 0. The van der Waals surface area contributed by atoms with Crippen LogP contribution in [-0.4, -0.2) is 49.7 Å². The molecule has 0 amide bonds. The zero-order chi connectivity index (χ0) is 25.7. The molecule has 1 aliphatic rings. The van der Waals surface area contributed by atoms with Gasteiger partial charge < -0.3 is 10.0 Å². The predicted molar refractivity (Wildman–Crippen MR) is 109 cm³/mol. The summed E-state index contributed by atoms with van der Waals surface area (Å²) in [6.07, 6.45) is -9.93. The van der Waals surface area contributed by atoms with Crippen LogP contribution in [0.4, 0.5) is 36.4 Å². The highest BCUT2D eigenvalue weighted by Gasteiger charge is 2.51.